The Hall–Kier alpha value is -3.74. The lowest BCUT2D eigenvalue weighted by Gasteiger charge is -2.15. The molecule has 0 aliphatic rings. The molecule has 11 heteroatoms. The van der Waals surface area contributed by atoms with Crippen LogP contribution in [0.4, 0.5) is 0 Å². The van der Waals surface area contributed by atoms with Crippen LogP contribution in [0.2, 0.25) is 0 Å². The third-order valence-electron chi connectivity index (χ3n) is 4.13. The minimum absolute atomic E-state index is 0.00334. The third kappa shape index (κ3) is 5.42. The van der Waals surface area contributed by atoms with Gasteiger partial charge < -0.3 is 23.4 Å². The molecule has 1 aromatic heterocycles. The van der Waals surface area contributed by atoms with Gasteiger partial charge in [-0.25, -0.2) is 0 Å². The number of hydrogen-bond acceptors (Lipinski definition) is 10. The zero-order chi connectivity index (χ0) is 25.2. The van der Waals surface area contributed by atoms with E-state index in [1.165, 1.54) is 44.2 Å². The first kappa shape index (κ1) is 24.9. The predicted octanol–water partition coefficient (Wildman–Crippen LogP) is 3.77. The van der Waals surface area contributed by atoms with Gasteiger partial charge in [0, 0.05) is 39.3 Å². The lowest BCUT2D eigenvalue weighted by atomic mass is 10.1. The van der Waals surface area contributed by atoms with Crippen LogP contribution in [-0.2, 0) is 19.2 Å². The number of esters is 4. The fraction of sp³-hybridized carbons (Fsp3) is 0.174. The Bertz CT molecular complexity index is 1390. The van der Waals surface area contributed by atoms with Crippen molar-refractivity contribution >= 4 is 57.4 Å². The minimum Gasteiger partial charge on any atom is -0.450 e. The number of rotatable bonds is 5. The summed E-state index contributed by atoms with van der Waals surface area (Å²) in [7, 11) is 0. The molecule has 0 atom stereocenters. The Labute approximate surface area is 205 Å². The normalized spacial score (nSPS) is 10.5. The second-order valence-corrected chi connectivity index (χ2v) is 7.96. The van der Waals surface area contributed by atoms with Crippen LogP contribution in [0.25, 0.3) is 22.3 Å². The van der Waals surface area contributed by atoms with Gasteiger partial charge in [-0.05, 0) is 46.9 Å². The van der Waals surface area contributed by atoms with Gasteiger partial charge >= 0.3 is 23.9 Å². The molecule has 176 valence electrons. The van der Waals surface area contributed by atoms with Crippen molar-refractivity contribution in [2.75, 3.05) is 0 Å². The van der Waals surface area contributed by atoms with Crippen molar-refractivity contribution in [3.63, 3.8) is 0 Å². The summed E-state index contributed by atoms with van der Waals surface area (Å²) in [6.45, 7) is 4.67. The van der Waals surface area contributed by atoms with Crippen LogP contribution < -0.4 is 24.4 Å². The molecule has 0 saturated carbocycles. The Morgan fingerprint density at radius 2 is 1.29 bits per heavy atom. The molecular formula is C23H17IO10. The molecule has 0 fully saturated rings. The van der Waals surface area contributed by atoms with Crippen LogP contribution in [0, 0.1) is 3.57 Å². The van der Waals surface area contributed by atoms with E-state index < -0.39 is 35.1 Å². The summed E-state index contributed by atoms with van der Waals surface area (Å²) >= 11 is 1.82. The molecular weight excluding hydrogens is 563 g/mol. The lowest BCUT2D eigenvalue weighted by Crippen LogP contribution is -2.16. The highest BCUT2D eigenvalue weighted by atomic mass is 127. The van der Waals surface area contributed by atoms with Crippen LogP contribution in [0.15, 0.2) is 39.5 Å². The predicted molar refractivity (Wildman–Crippen MR) is 126 cm³/mol. The van der Waals surface area contributed by atoms with E-state index in [-0.39, 0.29) is 37.5 Å². The standard InChI is InChI=1S/C23H17IO10/c1-10(25)30-15-7-5-14(6-8-15)21-23(33-13(4)28)20(29)18-16(31-11(2)26)9-17(32-12(3)27)19(24)22(18)34-21/h5-9H,1-4H3. The van der Waals surface area contributed by atoms with Crippen molar-refractivity contribution in [1.29, 1.82) is 0 Å². The zero-order valence-corrected chi connectivity index (χ0v) is 20.5. The highest BCUT2D eigenvalue weighted by Crippen LogP contribution is 2.40. The number of carbonyl (C=O) groups is 4. The van der Waals surface area contributed by atoms with Crippen LogP contribution in [-0.4, -0.2) is 23.9 Å². The molecule has 0 amide bonds. The van der Waals surface area contributed by atoms with Gasteiger partial charge in [0.25, 0.3) is 0 Å². The number of fused-ring (bicyclic) bond motifs is 1. The molecule has 10 nitrogen and oxygen atoms in total. The van der Waals surface area contributed by atoms with E-state index in [2.05, 4.69) is 0 Å². The summed E-state index contributed by atoms with van der Waals surface area (Å²) in [6, 6.07) is 7.11. The molecule has 0 radical (unpaired) electrons. The number of halogens is 1. The van der Waals surface area contributed by atoms with E-state index in [4.69, 9.17) is 23.4 Å². The molecule has 3 aromatic rings. The maximum Gasteiger partial charge on any atom is 0.308 e. The van der Waals surface area contributed by atoms with E-state index in [0.717, 1.165) is 13.8 Å². The SMILES string of the molecule is CC(=O)Oc1ccc(-c2oc3c(I)c(OC(C)=O)cc(OC(C)=O)c3c(=O)c2OC(C)=O)cc1. The topological polar surface area (TPSA) is 135 Å². The van der Waals surface area contributed by atoms with E-state index >= 15 is 0 Å². The molecule has 1 heterocycles. The number of carbonyl (C=O) groups excluding carboxylic acids is 4. The summed E-state index contributed by atoms with van der Waals surface area (Å²) in [5, 5.41) is -0.188. The summed E-state index contributed by atoms with van der Waals surface area (Å²) in [5.41, 5.74) is -0.538. The van der Waals surface area contributed by atoms with Crippen LogP contribution in [0.3, 0.4) is 0 Å². The second kappa shape index (κ2) is 10.0. The Morgan fingerprint density at radius 1 is 0.765 bits per heavy atom. The van der Waals surface area contributed by atoms with Gasteiger partial charge in [-0.2, -0.15) is 0 Å². The summed E-state index contributed by atoms with van der Waals surface area (Å²) < 4.78 is 26.7. The van der Waals surface area contributed by atoms with Gasteiger partial charge in [-0.15, -0.1) is 0 Å². The van der Waals surface area contributed by atoms with Crippen molar-refractivity contribution in [3.05, 3.63) is 44.1 Å². The van der Waals surface area contributed by atoms with Gasteiger partial charge in [0.2, 0.25) is 11.2 Å². The lowest BCUT2D eigenvalue weighted by molar-refractivity contribution is -0.133. The highest BCUT2D eigenvalue weighted by molar-refractivity contribution is 14.1. The molecule has 0 saturated heterocycles. The molecule has 0 N–H and O–H groups in total. The summed E-state index contributed by atoms with van der Waals surface area (Å²) in [6.07, 6.45) is 0. The van der Waals surface area contributed by atoms with E-state index in [0.29, 0.717) is 5.56 Å². The van der Waals surface area contributed by atoms with Crippen molar-refractivity contribution in [3.8, 4) is 34.3 Å². The number of benzene rings is 2. The number of ether oxygens (including phenoxy) is 4. The van der Waals surface area contributed by atoms with Crippen molar-refractivity contribution in [1.82, 2.24) is 0 Å². The van der Waals surface area contributed by atoms with Gasteiger partial charge in [-0.1, -0.05) is 0 Å². The summed E-state index contributed by atoms with van der Waals surface area (Å²) in [5.74, 6) is -3.24. The monoisotopic (exact) mass is 580 g/mol. The van der Waals surface area contributed by atoms with Gasteiger partial charge in [0.15, 0.2) is 17.1 Å². The molecule has 0 bridgehead atoms. The third-order valence-corrected chi connectivity index (χ3v) is 5.15. The van der Waals surface area contributed by atoms with Crippen molar-refractivity contribution in [2.24, 2.45) is 0 Å². The number of hydrogen-bond donors (Lipinski definition) is 0. The maximum absolute atomic E-state index is 13.4. The first-order valence-corrected chi connectivity index (χ1v) is 10.7. The molecule has 34 heavy (non-hydrogen) atoms. The Morgan fingerprint density at radius 3 is 1.82 bits per heavy atom. The quantitative estimate of drug-likeness (QED) is 0.249. The molecule has 2 aromatic carbocycles. The van der Waals surface area contributed by atoms with E-state index in [9.17, 15) is 24.0 Å². The first-order chi connectivity index (χ1) is 16.0. The molecule has 3 rings (SSSR count). The van der Waals surface area contributed by atoms with E-state index in [1.807, 2.05) is 22.6 Å². The smallest absolute Gasteiger partial charge is 0.308 e. The fourth-order valence-electron chi connectivity index (χ4n) is 3.00. The highest BCUT2D eigenvalue weighted by Gasteiger charge is 2.26. The summed E-state index contributed by atoms with van der Waals surface area (Å²) in [4.78, 5) is 59.6. The second-order valence-electron chi connectivity index (χ2n) is 6.88. The average Bonchev–Trinajstić information content (AvgIpc) is 2.72. The van der Waals surface area contributed by atoms with Gasteiger partial charge in [0.05, 0.1) is 3.57 Å². The molecule has 0 aliphatic heterocycles. The van der Waals surface area contributed by atoms with E-state index in [1.54, 1.807) is 0 Å². The fourth-order valence-corrected chi connectivity index (χ4v) is 3.64. The molecule has 0 unspecified atom stereocenters. The largest absolute Gasteiger partial charge is 0.450 e. The minimum atomic E-state index is -0.793. The Balaban J connectivity index is 2.37. The average molecular weight is 580 g/mol. The van der Waals surface area contributed by atoms with Crippen molar-refractivity contribution in [2.45, 2.75) is 27.7 Å². The van der Waals surface area contributed by atoms with Crippen molar-refractivity contribution < 1.29 is 42.5 Å². The van der Waals surface area contributed by atoms with Gasteiger partial charge in [0.1, 0.15) is 16.9 Å². The molecule has 0 aliphatic carbocycles. The van der Waals surface area contributed by atoms with Crippen LogP contribution in [0.5, 0.6) is 23.0 Å². The van der Waals surface area contributed by atoms with Gasteiger partial charge in [-0.3, -0.25) is 24.0 Å². The zero-order valence-electron chi connectivity index (χ0n) is 18.3. The van der Waals surface area contributed by atoms with Crippen LogP contribution in [0.1, 0.15) is 27.7 Å². The Kier molecular flexibility index (Phi) is 7.35. The maximum atomic E-state index is 13.4. The first-order valence-electron chi connectivity index (χ1n) is 9.65. The molecule has 0 spiro atoms. The van der Waals surface area contributed by atoms with Crippen LogP contribution >= 0.6 is 22.6 Å².